The second-order valence-electron chi connectivity index (χ2n) is 7.66. The number of ether oxygens (including phenoxy) is 3. The number of carbonyl (C=O) groups excluding carboxylic acids is 2. The van der Waals surface area contributed by atoms with Crippen LogP contribution < -0.4 is 19.1 Å². The number of methoxy groups -OCH3 is 2. The Balaban J connectivity index is 1.94. The van der Waals surface area contributed by atoms with Gasteiger partial charge in [0.15, 0.2) is 17.3 Å². The molecule has 1 aromatic heterocycles. The summed E-state index contributed by atoms with van der Waals surface area (Å²) < 4.78 is 21.4. The summed E-state index contributed by atoms with van der Waals surface area (Å²) in [5.74, 6) is -0.261. The molecule has 2 aromatic carbocycles. The largest absolute Gasteiger partial charge is 0.507 e. The summed E-state index contributed by atoms with van der Waals surface area (Å²) in [4.78, 5) is 27.6. The van der Waals surface area contributed by atoms with Crippen molar-refractivity contribution in [3.8, 4) is 17.2 Å². The third-order valence-electron chi connectivity index (χ3n) is 5.54. The van der Waals surface area contributed by atoms with Crippen molar-refractivity contribution in [3.63, 3.8) is 0 Å². The number of hydrogen-bond acceptors (Lipinski definition) is 8. The zero-order chi connectivity index (χ0) is 25.3. The van der Waals surface area contributed by atoms with Crippen molar-refractivity contribution < 1.29 is 33.4 Å². The normalized spacial score (nSPS) is 17.1. The van der Waals surface area contributed by atoms with Crippen LogP contribution in [0.25, 0.3) is 5.76 Å². The number of rotatable bonds is 7. The fraction of sp³-hybridized carbons (Fsp3) is 0.240. The first kappa shape index (κ1) is 24.2. The highest BCUT2D eigenvalue weighted by molar-refractivity contribution is 6.51. The maximum Gasteiger partial charge on any atom is 0.301 e. The maximum absolute atomic E-state index is 13.2. The number of aliphatic hydroxyl groups is 1. The van der Waals surface area contributed by atoms with Crippen LogP contribution in [0.1, 0.15) is 29.9 Å². The summed E-state index contributed by atoms with van der Waals surface area (Å²) in [6, 6.07) is 10.1. The van der Waals surface area contributed by atoms with E-state index in [-0.39, 0.29) is 22.0 Å². The molecule has 0 saturated carbocycles. The van der Waals surface area contributed by atoms with Crippen molar-refractivity contribution >= 4 is 34.9 Å². The number of anilines is 1. The van der Waals surface area contributed by atoms with Crippen LogP contribution in [0.4, 0.5) is 5.82 Å². The van der Waals surface area contributed by atoms with Gasteiger partial charge >= 0.3 is 5.91 Å². The Morgan fingerprint density at radius 2 is 1.80 bits per heavy atom. The lowest BCUT2D eigenvalue weighted by Gasteiger charge is -2.23. The molecule has 9 nitrogen and oxygen atoms in total. The molecule has 35 heavy (non-hydrogen) atoms. The molecule has 0 aliphatic carbocycles. The molecule has 10 heteroatoms. The van der Waals surface area contributed by atoms with E-state index in [0.717, 1.165) is 0 Å². The number of halogens is 1. The van der Waals surface area contributed by atoms with Crippen LogP contribution in [0.5, 0.6) is 17.2 Å². The van der Waals surface area contributed by atoms with Crippen molar-refractivity contribution in [2.75, 3.05) is 25.7 Å². The van der Waals surface area contributed by atoms with Crippen LogP contribution in [0.2, 0.25) is 5.02 Å². The number of carbonyl (C=O) groups is 2. The lowest BCUT2D eigenvalue weighted by Crippen LogP contribution is -2.29. The number of aromatic nitrogens is 1. The molecule has 1 atom stereocenters. The van der Waals surface area contributed by atoms with Gasteiger partial charge in [0.1, 0.15) is 17.3 Å². The molecule has 1 unspecified atom stereocenters. The van der Waals surface area contributed by atoms with E-state index >= 15 is 0 Å². The Labute approximate surface area is 206 Å². The second kappa shape index (κ2) is 9.71. The summed E-state index contributed by atoms with van der Waals surface area (Å²) in [6.45, 7) is 3.93. The number of Topliss-reactive ketones (excluding diaryl/α,β-unsaturated/α-hetero) is 1. The van der Waals surface area contributed by atoms with Crippen LogP contribution >= 0.6 is 11.6 Å². The van der Waals surface area contributed by atoms with E-state index in [1.54, 1.807) is 37.3 Å². The molecule has 1 N–H and O–H groups in total. The quantitative estimate of drug-likeness (QED) is 0.284. The number of ketones is 1. The number of hydrogen-bond donors (Lipinski definition) is 1. The predicted molar refractivity (Wildman–Crippen MR) is 128 cm³/mol. The zero-order valence-corrected chi connectivity index (χ0v) is 20.3. The summed E-state index contributed by atoms with van der Waals surface area (Å²) in [7, 11) is 2.95. The van der Waals surface area contributed by atoms with Crippen LogP contribution in [0, 0.1) is 6.92 Å². The third-order valence-corrected chi connectivity index (χ3v) is 5.83. The Hall–Kier alpha value is -3.98. The maximum atomic E-state index is 13.2. The number of aliphatic hydroxyl groups excluding tert-OH is 1. The van der Waals surface area contributed by atoms with Gasteiger partial charge in [-0.1, -0.05) is 22.8 Å². The monoisotopic (exact) mass is 498 g/mol. The first-order valence-electron chi connectivity index (χ1n) is 10.7. The van der Waals surface area contributed by atoms with E-state index in [1.807, 2.05) is 6.92 Å². The number of aryl methyl sites for hydroxylation is 1. The van der Waals surface area contributed by atoms with Crippen molar-refractivity contribution in [2.45, 2.75) is 19.9 Å². The summed E-state index contributed by atoms with van der Waals surface area (Å²) in [5, 5.41) is 15.4. The van der Waals surface area contributed by atoms with Crippen LogP contribution in [0.3, 0.4) is 0 Å². The van der Waals surface area contributed by atoms with Crippen molar-refractivity contribution in [3.05, 3.63) is 69.9 Å². The molecule has 1 amide bonds. The molecular formula is C25H23ClN2O7. The van der Waals surface area contributed by atoms with Crippen molar-refractivity contribution in [1.82, 2.24) is 5.16 Å². The van der Waals surface area contributed by atoms with Crippen LogP contribution in [0.15, 0.2) is 52.6 Å². The molecule has 0 bridgehead atoms. The molecule has 4 rings (SSSR count). The van der Waals surface area contributed by atoms with Gasteiger partial charge in [0.2, 0.25) is 0 Å². The highest BCUT2D eigenvalue weighted by Gasteiger charge is 2.48. The van der Waals surface area contributed by atoms with E-state index in [0.29, 0.717) is 35.2 Å². The molecule has 1 aliphatic heterocycles. The van der Waals surface area contributed by atoms with Crippen molar-refractivity contribution in [1.29, 1.82) is 0 Å². The Morgan fingerprint density at radius 3 is 2.40 bits per heavy atom. The minimum absolute atomic E-state index is 0.134. The van der Waals surface area contributed by atoms with E-state index in [2.05, 4.69) is 5.16 Å². The first-order chi connectivity index (χ1) is 16.8. The molecule has 2 heterocycles. The topological polar surface area (TPSA) is 111 Å². The number of benzene rings is 2. The van der Waals surface area contributed by atoms with Gasteiger partial charge in [-0.15, -0.1) is 0 Å². The predicted octanol–water partition coefficient (Wildman–Crippen LogP) is 4.68. The molecule has 3 aromatic rings. The SMILES string of the molecule is CCOc1ccc(C2/C(=C(\O)c3ccc(OC)c(Cl)c3)C(=O)C(=O)N2c2cc(C)on2)cc1OC. The fourth-order valence-corrected chi connectivity index (χ4v) is 4.21. The Bertz CT molecular complexity index is 1330. The van der Waals surface area contributed by atoms with Gasteiger partial charge in [-0.25, -0.2) is 0 Å². The van der Waals surface area contributed by atoms with Crippen LogP contribution in [-0.2, 0) is 9.59 Å². The van der Waals surface area contributed by atoms with Gasteiger partial charge in [0.25, 0.3) is 5.78 Å². The number of amides is 1. The standard InChI is InChI=1S/C25H23ClN2O7/c1-5-34-18-9-6-14(12-19(18)33-4)22-21(23(29)15-7-8-17(32-3)16(26)11-15)24(30)25(31)28(22)20-10-13(2)35-27-20/h6-12,22,29H,5H2,1-4H3/b23-21+. The fourth-order valence-electron chi connectivity index (χ4n) is 3.95. The van der Waals surface area contributed by atoms with E-state index in [4.69, 9.17) is 30.3 Å². The average molecular weight is 499 g/mol. The van der Waals surface area contributed by atoms with Gasteiger partial charge in [0.05, 0.1) is 37.5 Å². The van der Waals surface area contributed by atoms with Gasteiger partial charge in [0, 0.05) is 11.6 Å². The summed E-state index contributed by atoms with van der Waals surface area (Å²) in [6.07, 6.45) is 0. The Morgan fingerprint density at radius 1 is 1.09 bits per heavy atom. The van der Waals surface area contributed by atoms with Gasteiger partial charge in [-0.05, 0) is 49.7 Å². The number of nitrogens with zero attached hydrogens (tertiary/aromatic N) is 2. The molecule has 0 radical (unpaired) electrons. The van der Waals surface area contributed by atoms with Gasteiger partial charge in [-0.3, -0.25) is 14.5 Å². The van der Waals surface area contributed by atoms with E-state index in [1.165, 1.54) is 31.3 Å². The lowest BCUT2D eigenvalue weighted by molar-refractivity contribution is -0.132. The first-order valence-corrected chi connectivity index (χ1v) is 11.1. The minimum atomic E-state index is -1.02. The lowest BCUT2D eigenvalue weighted by atomic mass is 9.95. The second-order valence-corrected chi connectivity index (χ2v) is 8.06. The van der Waals surface area contributed by atoms with E-state index in [9.17, 15) is 14.7 Å². The van der Waals surface area contributed by atoms with Crippen LogP contribution in [-0.4, -0.2) is 42.8 Å². The molecule has 1 saturated heterocycles. The molecule has 0 spiro atoms. The smallest absolute Gasteiger partial charge is 0.301 e. The van der Waals surface area contributed by atoms with Gasteiger partial charge in [-0.2, -0.15) is 0 Å². The highest BCUT2D eigenvalue weighted by Crippen LogP contribution is 2.44. The zero-order valence-electron chi connectivity index (χ0n) is 19.5. The third kappa shape index (κ3) is 4.30. The average Bonchev–Trinajstić information content (AvgIpc) is 3.39. The highest BCUT2D eigenvalue weighted by atomic mass is 35.5. The van der Waals surface area contributed by atoms with Gasteiger partial charge < -0.3 is 23.8 Å². The molecule has 1 aliphatic rings. The molecular weight excluding hydrogens is 476 g/mol. The minimum Gasteiger partial charge on any atom is -0.507 e. The summed E-state index contributed by atoms with van der Waals surface area (Å²) >= 11 is 6.24. The Kier molecular flexibility index (Phi) is 6.70. The van der Waals surface area contributed by atoms with Crippen molar-refractivity contribution in [2.24, 2.45) is 0 Å². The summed E-state index contributed by atoms with van der Waals surface area (Å²) in [5.41, 5.74) is 0.599. The molecule has 182 valence electrons. The molecule has 1 fully saturated rings. The van der Waals surface area contributed by atoms with E-state index < -0.39 is 23.5 Å².